The lowest BCUT2D eigenvalue weighted by Gasteiger charge is -2.30. The average Bonchev–Trinajstić information content (AvgIpc) is 3.28. The maximum Gasteiger partial charge on any atom is 0.158 e. The second kappa shape index (κ2) is 12.3. The van der Waals surface area contributed by atoms with E-state index in [-0.39, 0.29) is 42.7 Å². The lowest BCUT2D eigenvalue weighted by Crippen LogP contribution is -2.31. The van der Waals surface area contributed by atoms with Crippen molar-refractivity contribution in [1.29, 1.82) is 0 Å². The van der Waals surface area contributed by atoms with Crippen LogP contribution in [-0.4, -0.2) is 55.5 Å². The summed E-state index contributed by atoms with van der Waals surface area (Å²) in [5, 5.41) is 10.9. The maximum atomic E-state index is 10.1. The van der Waals surface area contributed by atoms with E-state index in [1.165, 1.54) is 0 Å². The molecule has 0 aromatic carbocycles. The number of ether oxygens (including phenoxy) is 5. The van der Waals surface area contributed by atoms with Gasteiger partial charge in [-0.3, -0.25) is 0 Å². The third kappa shape index (κ3) is 7.02. The highest BCUT2D eigenvalue weighted by molar-refractivity contribution is 6.29. The largest absolute Gasteiger partial charge is 0.368 e. The van der Waals surface area contributed by atoms with Gasteiger partial charge in [-0.1, -0.05) is 29.8 Å². The predicted molar refractivity (Wildman–Crippen MR) is 122 cm³/mol. The van der Waals surface area contributed by atoms with E-state index in [2.05, 4.69) is 12.2 Å². The van der Waals surface area contributed by atoms with Gasteiger partial charge in [0.05, 0.1) is 18.3 Å². The molecule has 0 amide bonds. The lowest BCUT2D eigenvalue weighted by atomic mass is 9.91. The zero-order chi connectivity index (χ0) is 22.3. The topological polar surface area (TPSA) is 66.4 Å². The summed E-state index contributed by atoms with van der Waals surface area (Å²) in [4.78, 5) is 0. The quantitative estimate of drug-likeness (QED) is 0.476. The first-order valence-corrected chi connectivity index (χ1v) is 12.8. The molecule has 3 unspecified atom stereocenters. The molecule has 0 bridgehead atoms. The van der Waals surface area contributed by atoms with E-state index in [9.17, 15) is 5.11 Å². The Morgan fingerprint density at radius 2 is 1.84 bits per heavy atom. The molecule has 182 valence electrons. The zero-order valence-corrected chi connectivity index (χ0v) is 20.0. The van der Waals surface area contributed by atoms with Gasteiger partial charge in [-0.15, -0.1) is 0 Å². The second-order valence-electron chi connectivity index (χ2n) is 9.54. The van der Waals surface area contributed by atoms with Crippen LogP contribution < -0.4 is 0 Å². The van der Waals surface area contributed by atoms with Crippen molar-refractivity contribution in [3.8, 4) is 0 Å². The highest BCUT2D eigenvalue weighted by atomic mass is 35.5. The molecule has 1 N–H and O–H groups in total. The smallest absolute Gasteiger partial charge is 0.158 e. The molecular weight excluding hydrogens is 432 g/mol. The molecular formula is C25H39ClO6. The van der Waals surface area contributed by atoms with Crippen molar-refractivity contribution in [3.05, 3.63) is 23.3 Å². The summed E-state index contributed by atoms with van der Waals surface area (Å²) in [6.45, 7) is 3.43. The molecule has 3 heterocycles. The molecule has 1 aliphatic carbocycles. The van der Waals surface area contributed by atoms with Crippen molar-refractivity contribution < 1.29 is 28.8 Å². The van der Waals surface area contributed by atoms with Crippen molar-refractivity contribution in [3.63, 3.8) is 0 Å². The maximum absolute atomic E-state index is 10.1. The van der Waals surface area contributed by atoms with E-state index in [1.54, 1.807) is 0 Å². The van der Waals surface area contributed by atoms with Crippen LogP contribution in [0, 0.1) is 11.8 Å². The number of aliphatic hydroxyl groups is 1. The first-order chi connectivity index (χ1) is 15.6. The van der Waals surface area contributed by atoms with E-state index in [4.69, 9.17) is 35.3 Å². The first-order valence-electron chi connectivity index (χ1n) is 12.5. The van der Waals surface area contributed by atoms with Gasteiger partial charge in [0, 0.05) is 37.0 Å². The summed E-state index contributed by atoms with van der Waals surface area (Å²) in [6, 6.07) is 0. The highest BCUT2D eigenvalue weighted by Crippen LogP contribution is 2.45. The number of allylic oxidation sites excluding steroid dienone is 2. The van der Waals surface area contributed by atoms with Gasteiger partial charge in [0.1, 0.15) is 0 Å². The van der Waals surface area contributed by atoms with Crippen LogP contribution in [0.5, 0.6) is 0 Å². The Hall–Kier alpha value is -0.470. The number of hydrogen-bond acceptors (Lipinski definition) is 6. The molecule has 32 heavy (non-hydrogen) atoms. The van der Waals surface area contributed by atoms with Gasteiger partial charge in [-0.25, -0.2) is 0 Å². The van der Waals surface area contributed by atoms with E-state index < -0.39 is 6.29 Å². The Morgan fingerprint density at radius 3 is 2.53 bits per heavy atom. The Kier molecular flexibility index (Phi) is 9.47. The molecule has 7 heteroatoms. The summed E-state index contributed by atoms with van der Waals surface area (Å²) in [7, 11) is 0. The standard InChI is InChI=1S/C25H39ClO6/c1-17(26)7-6-8-18(30-24-9-2-4-13-28-24)11-12-19-20-15-23(27)31-22(20)16-21(19)32-25-10-3-5-14-29-25/h7,11-12,18-25,27H,2-6,8-10,13-16H2,1H3/b12-11+,17-7-/t18-,19+,20+,21+,22-,23?,24?,25?/m0/s1. The fraction of sp³-hybridized carbons (Fsp3) is 0.840. The molecule has 0 aromatic heterocycles. The summed E-state index contributed by atoms with van der Waals surface area (Å²) >= 11 is 6.03. The second-order valence-corrected chi connectivity index (χ2v) is 10.1. The molecule has 3 saturated heterocycles. The number of rotatable bonds is 9. The zero-order valence-electron chi connectivity index (χ0n) is 19.2. The third-order valence-electron chi connectivity index (χ3n) is 7.03. The van der Waals surface area contributed by atoms with Gasteiger partial charge in [-0.05, 0) is 64.2 Å². The van der Waals surface area contributed by atoms with E-state index in [0.29, 0.717) is 6.42 Å². The van der Waals surface area contributed by atoms with Crippen LogP contribution in [-0.2, 0) is 23.7 Å². The third-order valence-corrected chi connectivity index (χ3v) is 7.18. The molecule has 0 radical (unpaired) electrons. The van der Waals surface area contributed by atoms with Crippen molar-refractivity contribution in [2.75, 3.05) is 13.2 Å². The van der Waals surface area contributed by atoms with Crippen LogP contribution in [0.2, 0.25) is 0 Å². The lowest BCUT2D eigenvalue weighted by molar-refractivity contribution is -0.196. The van der Waals surface area contributed by atoms with Crippen molar-refractivity contribution in [1.82, 2.24) is 0 Å². The molecule has 4 fully saturated rings. The SMILES string of the molecule is C/C(Cl)=C/CC[C@@H](/C=C/[C@@H]1[C@H]2CC(O)O[C@H]2C[C@H]1OC1CCCCO1)OC1CCCCO1. The van der Waals surface area contributed by atoms with Crippen LogP contribution in [0.25, 0.3) is 0 Å². The van der Waals surface area contributed by atoms with Gasteiger partial charge in [0.25, 0.3) is 0 Å². The van der Waals surface area contributed by atoms with Gasteiger partial charge in [0.15, 0.2) is 18.9 Å². The fourth-order valence-corrected chi connectivity index (χ4v) is 5.50. The summed E-state index contributed by atoms with van der Waals surface area (Å²) in [5.74, 6) is 0.428. The van der Waals surface area contributed by atoms with E-state index in [0.717, 1.165) is 76.0 Å². The number of aliphatic hydroxyl groups excluding tert-OH is 1. The van der Waals surface area contributed by atoms with Crippen molar-refractivity contribution in [2.45, 2.75) is 108 Å². The van der Waals surface area contributed by atoms with Gasteiger partial charge >= 0.3 is 0 Å². The highest BCUT2D eigenvalue weighted by Gasteiger charge is 2.49. The normalized spacial score (nSPS) is 39.5. The monoisotopic (exact) mass is 470 g/mol. The molecule has 1 saturated carbocycles. The summed E-state index contributed by atoms with van der Waals surface area (Å²) in [5.41, 5.74) is 0. The van der Waals surface area contributed by atoms with Gasteiger partial charge in [0.2, 0.25) is 0 Å². The van der Waals surface area contributed by atoms with Crippen LogP contribution in [0.1, 0.15) is 71.1 Å². The Balaban J connectivity index is 1.42. The molecule has 4 rings (SSSR count). The van der Waals surface area contributed by atoms with Crippen LogP contribution in [0.4, 0.5) is 0 Å². The molecule has 0 aromatic rings. The minimum absolute atomic E-state index is 0.0356. The molecule has 4 aliphatic rings. The Bertz CT molecular complexity index is 624. The first kappa shape index (κ1) is 24.6. The molecule has 8 atom stereocenters. The fourth-order valence-electron chi connectivity index (χ4n) is 5.39. The average molecular weight is 471 g/mol. The molecule has 6 nitrogen and oxygen atoms in total. The Morgan fingerprint density at radius 1 is 1.09 bits per heavy atom. The van der Waals surface area contributed by atoms with E-state index in [1.807, 2.05) is 13.0 Å². The number of halogens is 1. The predicted octanol–water partition coefficient (Wildman–Crippen LogP) is 5.03. The van der Waals surface area contributed by atoms with Crippen LogP contribution >= 0.6 is 11.6 Å². The minimum atomic E-state index is -0.674. The number of hydrogen-bond donors (Lipinski definition) is 1. The molecule has 0 spiro atoms. The van der Waals surface area contributed by atoms with Crippen LogP contribution in [0.3, 0.4) is 0 Å². The van der Waals surface area contributed by atoms with Gasteiger partial charge in [-0.2, -0.15) is 0 Å². The van der Waals surface area contributed by atoms with E-state index >= 15 is 0 Å². The van der Waals surface area contributed by atoms with Crippen molar-refractivity contribution in [2.24, 2.45) is 11.8 Å². The summed E-state index contributed by atoms with van der Waals surface area (Å²) in [6.07, 6.45) is 15.0. The van der Waals surface area contributed by atoms with Crippen LogP contribution in [0.15, 0.2) is 23.3 Å². The number of fused-ring (bicyclic) bond motifs is 1. The molecule has 3 aliphatic heterocycles. The summed E-state index contributed by atoms with van der Waals surface area (Å²) < 4.78 is 30.2. The Labute approximate surface area is 197 Å². The van der Waals surface area contributed by atoms with Gasteiger partial charge < -0.3 is 28.8 Å². The van der Waals surface area contributed by atoms with Crippen molar-refractivity contribution >= 4 is 11.6 Å². The minimum Gasteiger partial charge on any atom is -0.368 e.